The van der Waals surface area contributed by atoms with Crippen LogP contribution in [0.3, 0.4) is 0 Å². The molecule has 0 atom stereocenters. The van der Waals surface area contributed by atoms with Crippen LogP contribution in [-0.2, 0) is 4.79 Å². The number of rotatable bonds is 9. The molecule has 0 N–H and O–H groups in total. The highest BCUT2D eigenvalue weighted by Crippen LogP contribution is 2.27. The standard InChI is InChI=1S/C20H30OS/c1-8-18(6)20(12-19(7)15(2)3)22-14-17(5)11-9-10-16(4)13-21/h9-13,15H,5,8,14H2,1-4,6-7H3/b11-9-,16-10+,19-12-,20-18+. The topological polar surface area (TPSA) is 17.1 Å². The predicted molar refractivity (Wildman–Crippen MR) is 102 cm³/mol. The summed E-state index contributed by atoms with van der Waals surface area (Å²) >= 11 is 1.83. The average molecular weight is 319 g/mol. The highest BCUT2D eigenvalue weighted by Gasteiger charge is 2.04. The summed E-state index contributed by atoms with van der Waals surface area (Å²) in [5, 5.41) is 0. The van der Waals surface area contributed by atoms with Crippen LogP contribution in [0.25, 0.3) is 0 Å². The zero-order valence-electron chi connectivity index (χ0n) is 14.9. The second-order valence-electron chi connectivity index (χ2n) is 5.88. The molecule has 0 amide bonds. The summed E-state index contributed by atoms with van der Waals surface area (Å²) in [5.74, 6) is 1.43. The van der Waals surface area contributed by atoms with Gasteiger partial charge in [0, 0.05) is 10.7 Å². The molecular weight excluding hydrogens is 288 g/mol. The molecule has 0 aromatic rings. The van der Waals surface area contributed by atoms with Gasteiger partial charge in [-0.05, 0) is 50.3 Å². The van der Waals surface area contributed by atoms with E-state index in [1.54, 1.807) is 13.0 Å². The van der Waals surface area contributed by atoms with Crippen LogP contribution in [0.2, 0.25) is 0 Å². The first-order valence-corrected chi connectivity index (χ1v) is 8.79. The van der Waals surface area contributed by atoms with Gasteiger partial charge in [-0.2, -0.15) is 0 Å². The predicted octanol–water partition coefficient (Wildman–Crippen LogP) is 6.26. The van der Waals surface area contributed by atoms with E-state index in [9.17, 15) is 4.79 Å². The number of thioether (sulfide) groups is 1. The Morgan fingerprint density at radius 2 is 1.86 bits per heavy atom. The van der Waals surface area contributed by atoms with Crippen LogP contribution in [0.15, 0.2) is 58.1 Å². The van der Waals surface area contributed by atoms with E-state index in [4.69, 9.17) is 0 Å². The molecule has 0 spiro atoms. The Morgan fingerprint density at radius 1 is 1.23 bits per heavy atom. The SMILES string of the molecule is C=C(/C=C\C=C(/C)C=O)CSC(/C=C(/C)C(C)C)=C(\C)CC. The summed E-state index contributed by atoms with van der Waals surface area (Å²) in [5.41, 5.74) is 4.59. The van der Waals surface area contributed by atoms with E-state index < -0.39 is 0 Å². The fourth-order valence-electron chi connectivity index (χ4n) is 1.43. The maximum Gasteiger partial charge on any atom is 0.145 e. The van der Waals surface area contributed by atoms with Crippen molar-refractivity contribution >= 4 is 18.0 Å². The highest BCUT2D eigenvalue weighted by atomic mass is 32.2. The third-order valence-corrected chi connectivity index (χ3v) is 4.80. The molecule has 122 valence electrons. The second-order valence-corrected chi connectivity index (χ2v) is 6.89. The van der Waals surface area contributed by atoms with Crippen LogP contribution < -0.4 is 0 Å². The molecule has 0 saturated carbocycles. The Bertz CT molecular complexity index is 502. The maximum atomic E-state index is 10.5. The van der Waals surface area contributed by atoms with Gasteiger partial charge < -0.3 is 0 Å². The number of allylic oxidation sites excluding steroid dienone is 7. The van der Waals surface area contributed by atoms with Crippen molar-refractivity contribution in [3.63, 3.8) is 0 Å². The molecule has 1 nitrogen and oxygen atoms in total. The molecule has 0 heterocycles. The second kappa shape index (κ2) is 11.3. The lowest BCUT2D eigenvalue weighted by molar-refractivity contribution is -0.104. The van der Waals surface area contributed by atoms with E-state index in [1.807, 2.05) is 23.9 Å². The molecule has 0 aromatic heterocycles. The van der Waals surface area contributed by atoms with Gasteiger partial charge in [-0.3, -0.25) is 4.79 Å². The zero-order valence-corrected chi connectivity index (χ0v) is 15.7. The molecule has 0 aliphatic heterocycles. The largest absolute Gasteiger partial charge is 0.298 e. The van der Waals surface area contributed by atoms with Crippen LogP contribution in [0.5, 0.6) is 0 Å². The summed E-state index contributed by atoms with van der Waals surface area (Å²) < 4.78 is 0. The molecule has 0 rings (SSSR count). The van der Waals surface area contributed by atoms with Gasteiger partial charge in [0.1, 0.15) is 6.29 Å². The summed E-state index contributed by atoms with van der Waals surface area (Å²) in [6.45, 7) is 16.9. The van der Waals surface area contributed by atoms with Gasteiger partial charge in [0.25, 0.3) is 0 Å². The monoisotopic (exact) mass is 318 g/mol. The maximum absolute atomic E-state index is 10.5. The van der Waals surface area contributed by atoms with E-state index in [2.05, 4.69) is 47.3 Å². The number of aldehydes is 1. The minimum Gasteiger partial charge on any atom is -0.298 e. The fourth-order valence-corrected chi connectivity index (χ4v) is 2.53. The quantitative estimate of drug-likeness (QED) is 0.283. The van der Waals surface area contributed by atoms with Crippen molar-refractivity contribution in [3.8, 4) is 0 Å². The van der Waals surface area contributed by atoms with Crippen LogP contribution in [0.4, 0.5) is 0 Å². The molecule has 22 heavy (non-hydrogen) atoms. The van der Waals surface area contributed by atoms with Crippen molar-refractivity contribution in [2.45, 2.75) is 48.0 Å². The lowest BCUT2D eigenvalue weighted by Crippen LogP contribution is -1.92. The van der Waals surface area contributed by atoms with Gasteiger partial charge in [0.15, 0.2) is 0 Å². The minimum absolute atomic E-state index is 0.569. The molecule has 0 fully saturated rings. The zero-order chi connectivity index (χ0) is 17.1. The smallest absolute Gasteiger partial charge is 0.145 e. The minimum atomic E-state index is 0.569. The van der Waals surface area contributed by atoms with Gasteiger partial charge in [0.05, 0.1) is 0 Å². The van der Waals surface area contributed by atoms with Gasteiger partial charge in [-0.25, -0.2) is 0 Å². The lowest BCUT2D eigenvalue weighted by Gasteiger charge is -2.11. The van der Waals surface area contributed by atoms with Crippen LogP contribution in [-0.4, -0.2) is 12.0 Å². The number of carbonyl (C=O) groups is 1. The third-order valence-electron chi connectivity index (χ3n) is 3.51. The number of carbonyl (C=O) groups excluding carboxylic acids is 1. The number of hydrogen-bond acceptors (Lipinski definition) is 2. The summed E-state index contributed by atoms with van der Waals surface area (Å²) in [7, 11) is 0. The van der Waals surface area contributed by atoms with Crippen molar-refractivity contribution in [2.75, 3.05) is 5.75 Å². The van der Waals surface area contributed by atoms with E-state index in [0.717, 1.165) is 29.6 Å². The van der Waals surface area contributed by atoms with Crippen molar-refractivity contribution in [3.05, 3.63) is 58.1 Å². The molecule has 0 unspecified atom stereocenters. The first-order valence-electron chi connectivity index (χ1n) is 7.80. The summed E-state index contributed by atoms with van der Waals surface area (Å²) in [4.78, 5) is 11.9. The summed E-state index contributed by atoms with van der Waals surface area (Å²) in [6, 6.07) is 0. The Morgan fingerprint density at radius 3 is 2.36 bits per heavy atom. The lowest BCUT2D eigenvalue weighted by atomic mass is 10.0. The van der Waals surface area contributed by atoms with E-state index in [0.29, 0.717) is 5.92 Å². The average Bonchev–Trinajstić information content (AvgIpc) is 2.49. The Balaban J connectivity index is 4.83. The van der Waals surface area contributed by atoms with Gasteiger partial charge in [0.2, 0.25) is 0 Å². The van der Waals surface area contributed by atoms with E-state index in [-0.39, 0.29) is 0 Å². The van der Waals surface area contributed by atoms with Crippen molar-refractivity contribution < 1.29 is 4.79 Å². The van der Waals surface area contributed by atoms with E-state index in [1.165, 1.54) is 16.1 Å². The molecular formula is C20H30OS. The van der Waals surface area contributed by atoms with Crippen molar-refractivity contribution in [1.29, 1.82) is 0 Å². The van der Waals surface area contributed by atoms with Crippen molar-refractivity contribution in [1.82, 2.24) is 0 Å². The van der Waals surface area contributed by atoms with Gasteiger partial charge in [-0.15, -0.1) is 11.8 Å². The molecule has 0 radical (unpaired) electrons. The van der Waals surface area contributed by atoms with Crippen molar-refractivity contribution in [2.24, 2.45) is 5.92 Å². The first-order chi connectivity index (χ1) is 10.3. The molecule has 0 aromatic carbocycles. The summed E-state index contributed by atoms with van der Waals surface area (Å²) in [6.07, 6.45) is 9.89. The Hall–Kier alpha value is -1.28. The number of hydrogen-bond donors (Lipinski definition) is 0. The molecule has 0 aliphatic carbocycles. The normalized spacial score (nSPS) is 14.5. The highest BCUT2D eigenvalue weighted by molar-refractivity contribution is 8.03. The molecule has 0 aliphatic rings. The van der Waals surface area contributed by atoms with E-state index >= 15 is 0 Å². The Kier molecular flexibility index (Phi) is 10.7. The Labute approximate surface area is 141 Å². The molecule has 0 bridgehead atoms. The van der Waals surface area contributed by atoms with Crippen LogP contribution >= 0.6 is 11.8 Å². The van der Waals surface area contributed by atoms with Gasteiger partial charge in [-0.1, -0.05) is 56.7 Å². The molecule has 2 heteroatoms. The third kappa shape index (κ3) is 8.89. The van der Waals surface area contributed by atoms with Crippen LogP contribution in [0.1, 0.15) is 48.0 Å². The first kappa shape index (κ1) is 20.7. The van der Waals surface area contributed by atoms with Crippen LogP contribution in [0, 0.1) is 5.92 Å². The van der Waals surface area contributed by atoms with Gasteiger partial charge >= 0.3 is 0 Å². The molecule has 0 saturated heterocycles. The fraction of sp³-hybridized carbons (Fsp3) is 0.450.